The molecule has 2 rings (SSSR count). The number of hydrogen-bond acceptors (Lipinski definition) is 4. The number of nitrogens with two attached hydrogens (primary N) is 1. The number of rotatable bonds is 2. The van der Waals surface area contributed by atoms with E-state index in [0.717, 1.165) is 0 Å². The van der Waals surface area contributed by atoms with Gasteiger partial charge in [-0.05, 0) is 18.2 Å². The molecule has 2 aromatic rings. The quantitative estimate of drug-likeness (QED) is 0.353. The van der Waals surface area contributed by atoms with Gasteiger partial charge in [0.1, 0.15) is 12.7 Å². The lowest BCUT2D eigenvalue weighted by Crippen LogP contribution is -2.16. The van der Waals surface area contributed by atoms with Crippen LogP contribution in [0.5, 0.6) is 0 Å². The first kappa shape index (κ1) is 10.4. The van der Waals surface area contributed by atoms with Crippen LogP contribution in [0, 0.1) is 0 Å². The SMILES string of the molecule is NC(=NO)c1cc(Cl)ccc1-n1cncn1. The molecule has 16 heavy (non-hydrogen) atoms. The molecule has 0 saturated heterocycles. The third-order valence-electron chi connectivity index (χ3n) is 2.01. The van der Waals surface area contributed by atoms with Crippen LogP contribution in [0.2, 0.25) is 5.02 Å². The summed E-state index contributed by atoms with van der Waals surface area (Å²) < 4.78 is 1.50. The number of nitrogens with zero attached hydrogens (tertiary/aromatic N) is 4. The molecule has 0 aliphatic rings. The minimum absolute atomic E-state index is 0.0343. The fourth-order valence-electron chi connectivity index (χ4n) is 1.30. The van der Waals surface area contributed by atoms with Crippen LogP contribution in [0.15, 0.2) is 36.0 Å². The van der Waals surface area contributed by atoms with Crippen LogP contribution >= 0.6 is 11.6 Å². The average molecular weight is 238 g/mol. The summed E-state index contributed by atoms with van der Waals surface area (Å²) in [6.07, 6.45) is 2.90. The molecule has 1 aromatic carbocycles. The number of amidine groups is 1. The molecule has 0 fully saturated rings. The van der Waals surface area contributed by atoms with E-state index in [2.05, 4.69) is 15.2 Å². The summed E-state index contributed by atoms with van der Waals surface area (Å²) >= 11 is 5.84. The second kappa shape index (κ2) is 4.19. The molecule has 0 radical (unpaired) electrons. The maximum absolute atomic E-state index is 8.68. The molecule has 6 nitrogen and oxygen atoms in total. The topological polar surface area (TPSA) is 89.3 Å². The van der Waals surface area contributed by atoms with Crippen LogP contribution in [0.3, 0.4) is 0 Å². The first-order chi connectivity index (χ1) is 7.72. The maximum Gasteiger partial charge on any atom is 0.172 e. The van der Waals surface area contributed by atoms with Gasteiger partial charge >= 0.3 is 0 Å². The zero-order valence-corrected chi connectivity index (χ0v) is 8.83. The molecule has 0 saturated carbocycles. The molecule has 3 N–H and O–H groups in total. The summed E-state index contributed by atoms with van der Waals surface area (Å²) in [6, 6.07) is 4.99. The van der Waals surface area contributed by atoms with Gasteiger partial charge in [0.15, 0.2) is 5.84 Å². The zero-order chi connectivity index (χ0) is 11.5. The van der Waals surface area contributed by atoms with Gasteiger partial charge in [-0.1, -0.05) is 16.8 Å². The van der Waals surface area contributed by atoms with Crippen molar-refractivity contribution in [2.75, 3.05) is 0 Å². The third-order valence-corrected chi connectivity index (χ3v) is 2.24. The van der Waals surface area contributed by atoms with Crippen molar-refractivity contribution in [1.29, 1.82) is 0 Å². The van der Waals surface area contributed by atoms with Crippen LogP contribution in [0.4, 0.5) is 0 Å². The maximum atomic E-state index is 8.68. The molecule has 82 valence electrons. The number of benzene rings is 1. The summed E-state index contributed by atoms with van der Waals surface area (Å²) in [5.41, 5.74) is 6.67. The summed E-state index contributed by atoms with van der Waals surface area (Å²) in [4.78, 5) is 3.82. The van der Waals surface area contributed by atoms with E-state index in [0.29, 0.717) is 16.3 Å². The molecule has 0 bridgehead atoms. The Hall–Kier alpha value is -2.08. The van der Waals surface area contributed by atoms with Gasteiger partial charge in [0, 0.05) is 10.6 Å². The normalized spacial score (nSPS) is 11.7. The minimum Gasteiger partial charge on any atom is -0.409 e. The van der Waals surface area contributed by atoms with E-state index in [1.54, 1.807) is 18.2 Å². The van der Waals surface area contributed by atoms with Crippen molar-refractivity contribution in [2.45, 2.75) is 0 Å². The fourth-order valence-corrected chi connectivity index (χ4v) is 1.47. The molecular weight excluding hydrogens is 230 g/mol. The summed E-state index contributed by atoms with van der Waals surface area (Å²) in [5.74, 6) is -0.0343. The first-order valence-electron chi connectivity index (χ1n) is 4.35. The van der Waals surface area contributed by atoms with Gasteiger partial charge in [-0.15, -0.1) is 0 Å². The van der Waals surface area contributed by atoms with E-state index in [1.165, 1.54) is 17.3 Å². The van der Waals surface area contributed by atoms with Crippen molar-refractivity contribution < 1.29 is 5.21 Å². The Bertz CT molecular complexity index is 523. The largest absolute Gasteiger partial charge is 0.409 e. The smallest absolute Gasteiger partial charge is 0.172 e. The first-order valence-corrected chi connectivity index (χ1v) is 4.72. The predicted octanol–water partition coefficient (Wildman–Crippen LogP) is 1.02. The molecule has 0 aliphatic carbocycles. The van der Waals surface area contributed by atoms with Crippen LogP contribution in [-0.2, 0) is 0 Å². The lowest BCUT2D eigenvalue weighted by molar-refractivity contribution is 0.318. The Morgan fingerprint density at radius 2 is 2.31 bits per heavy atom. The fraction of sp³-hybridized carbons (Fsp3) is 0. The summed E-state index contributed by atoms with van der Waals surface area (Å²) in [7, 11) is 0. The highest BCUT2D eigenvalue weighted by Crippen LogP contribution is 2.18. The van der Waals surface area contributed by atoms with E-state index in [4.69, 9.17) is 22.5 Å². The molecule has 1 heterocycles. The second-order valence-electron chi connectivity index (χ2n) is 2.99. The highest BCUT2D eigenvalue weighted by atomic mass is 35.5. The molecule has 0 unspecified atom stereocenters. The Balaban J connectivity index is 2.62. The molecule has 1 aromatic heterocycles. The van der Waals surface area contributed by atoms with Crippen LogP contribution in [0.1, 0.15) is 5.56 Å². The van der Waals surface area contributed by atoms with E-state index in [9.17, 15) is 0 Å². The highest BCUT2D eigenvalue weighted by Gasteiger charge is 2.10. The van der Waals surface area contributed by atoms with E-state index < -0.39 is 0 Å². The lowest BCUT2D eigenvalue weighted by Gasteiger charge is -2.07. The lowest BCUT2D eigenvalue weighted by atomic mass is 10.1. The molecule has 0 aliphatic heterocycles. The standard InChI is InChI=1S/C9H8ClN5O/c10-6-1-2-8(15-5-12-4-13-15)7(3-6)9(11)14-16/h1-5,16H,(H2,11,14). The Morgan fingerprint density at radius 3 is 2.94 bits per heavy atom. The molecule has 7 heteroatoms. The highest BCUT2D eigenvalue weighted by molar-refractivity contribution is 6.31. The van der Waals surface area contributed by atoms with Gasteiger partial charge in [-0.2, -0.15) is 5.10 Å². The Labute approximate surface area is 96.0 Å². The predicted molar refractivity (Wildman–Crippen MR) is 58.9 cm³/mol. The summed E-state index contributed by atoms with van der Waals surface area (Å²) in [6.45, 7) is 0. The van der Waals surface area contributed by atoms with Crippen molar-refractivity contribution in [3.8, 4) is 5.69 Å². The van der Waals surface area contributed by atoms with Crippen molar-refractivity contribution in [3.63, 3.8) is 0 Å². The van der Waals surface area contributed by atoms with Gasteiger partial charge in [0.2, 0.25) is 0 Å². The number of halogens is 1. The van der Waals surface area contributed by atoms with Gasteiger partial charge in [-0.3, -0.25) is 0 Å². The number of aromatic nitrogens is 3. The molecular formula is C9H8ClN5O. The monoisotopic (exact) mass is 237 g/mol. The van der Waals surface area contributed by atoms with Gasteiger partial charge in [-0.25, -0.2) is 9.67 Å². The van der Waals surface area contributed by atoms with Crippen LogP contribution in [-0.4, -0.2) is 25.8 Å². The average Bonchev–Trinajstić information content (AvgIpc) is 2.81. The van der Waals surface area contributed by atoms with E-state index in [-0.39, 0.29) is 5.84 Å². The van der Waals surface area contributed by atoms with Gasteiger partial charge in [0.05, 0.1) is 5.69 Å². The van der Waals surface area contributed by atoms with Crippen LogP contribution in [0.25, 0.3) is 5.69 Å². The zero-order valence-electron chi connectivity index (χ0n) is 8.08. The van der Waals surface area contributed by atoms with E-state index >= 15 is 0 Å². The van der Waals surface area contributed by atoms with E-state index in [1.807, 2.05) is 0 Å². The third kappa shape index (κ3) is 1.82. The molecule has 0 atom stereocenters. The van der Waals surface area contributed by atoms with Crippen molar-refractivity contribution >= 4 is 17.4 Å². The minimum atomic E-state index is -0.0343. The number of oxime groups is 1. The second-order valence-corrected chi connectivity index (χ2v) is 3.42. The molecule has 0 spiro atoms. The van der Waals surface area contributed by atoms with Crippen LogP contribution < -0.4 is 5.73 Å². The van der Waals surface area contributed by atoms with Crippen molar-refractivity contribution in [1.82, 2.24) is 14.8 Å². The van der Waals surface area contributed by atoms with Crippen molar-refractivity contribution in [3.05, 3.63) is 41.4 Å². The Morgan fingerprint density at radius 1 is 1.50 bits per heavy atom. The summed E-state index contributed by atoms with van der Waals surface area (Å²) in [5, 5.41) is 16.1. The van der Waals surface area contributed by atoms with Gasteiger partial charge < -0.3 is 10.9 Å². The van der Waals surface area contributed by atoms with Crippen molar-refractivity contribution in [2.24, 2.45) is 10.9 Å². The Kier molecular flexibility index (Phi) is 2.74. The molecule has 0 amide bonds. The van der Waals surface area contributed by atoms with Gasteiger partial charge in [0.25, 0.3) is 0 Å². The number of hydrogen-bond donors (Lipinski definition) is 2.